The van der Waals surface area contributed by atoms with E-state index in [0.717, 1.165) is 16.3 Å². The molecule has 0 aliphatic rings. The molecule has 0 amide bonds. The highest BCUT2D eigenvalue weighted by molar-refractivity contribution is 7.99. The summed E-state index contributed by atoms with van der Waals surface area (Å²) >= 11 is 7.19. The number of aryl methyl sites for hydroxylation is 1. The minimum absolute atomic E-state index is 0.229. The Balaban J connectivity index is 2.24. The first-order chi connectivity index (χ1) is 9.58. The molecule has 2 rings (SSSR count). The van der Waals surface area contributed by atoms with Crippen LogP contribution in [0.2, 0.25) is 5.02 Å². The van der Waals surface area contributed by atoms with Gasteiger partial charge in [-0.05, 0) is 37.3 Å². The lowest BCUT2D eigenvalue weighted by atomic mass is 10.2. The summed E-state index contributed by atoms with van der Waals surface area (Å²) in [5.74, 6) is 0.570. The molecule has 4 nitrogen and oxygen atoms in total. The van der Waals surface area contributed by atoms with E-state index in [9.17, 15) is 4.79 Å². The highest BCUT2D eigenvalue weighted by Crippen LogP contribution is 2.22. The number of nitrogens with zero attached hydrogens (tertiary/aromatic N) is 2. The van der Waals surface area contributed by atoms with Gasteiger partial charge in [-0.1, -0.05) is 23.4 Å². The molecule has 6 heteroatoms. The molecule has 104 valence electrons. The Morgan fingerprint density at radius 3 is 2.65 bits per heavy atom. The third kappa shape index (κ3) is 3.95. The molecule has 0 radical (unpaired) electrons. The summed E-state index contributed by atoms with van der Waals surface area (Å²) in [6, 6.07) is 9.17. The van der Waals surface area contributed by atoms with Crippen molar-refractivity contribution < 1.29 is 9.53 Å². The van der Waals surface area contributed by atoms with Crippen molar-refractivity contribution in [2.45, 2.75) is 11.9 Å². The van der Waals surface area contributed by atoms with Crippen molar-refractivity contribution in [2.75, 3.05) is 12.9 Å². The Morgan fingerprint density at radius 1 is 1.30 bits per heavy atom. The van der Waals surface area contributed by atoms with Crippen LogP contribution < -0.4 is 0 Å². The number of rotatable bonds is 4. The molecular weight excluding hydrogens is 296 g/mol. The Kier molecular flexibility index (Phi) is 4.98. The second-order valence-corrected chi connectivity index (χ2v) is 5.47. The van der Waals surface area contributed by atoms with Gasteiger partial charge in [-0.25, -0.2) is 9.97 Å². The largest absolute Gasteiger partial charge is 0.468 e. The van der Waals surface area contributed by atoms with Crippen molar-refractivity contribution in [3.8, 4) is 11.4 Å². The third-order valence-corrected chi connectivity index (χ3v) is 3.64. The molecule has 0 fully saturated rings. The van der Waals surface area contributed by atoms with Crippen LogP contribution in [0.25, 0.3) is 11.4 Å². The number of thioether (sulfide) groups is 1. The summed E-state index contributed by atoms with van der Waals surface area (Å²) in [5, 5.41) is 1.41. The molecule has 0 spiro atoms. The number of aromatic nitrogens is 2. The molecule has 20 heavy (non-hydrogen) atoms. The van der Waals surface area contributed by atoms with Gasteiger partial charge in [0.25, 0.3) is 0 Å². The first-order valence-corrected chi connectivity index (χ1v) is 7.26. The normalized spacial score (nSPS) is 10.3. The average molecular weight is 309 g/mol. The number of carbonyl (C=O) groups excluding carboxylic acids is 1. The number of hydrogen-bond acceptors (Lipinski definition) is 5. The molecule has 2 aromatic rings. The molecule has 1 aromatic heterocycles. The minimum Gasteiger partial charge on any atom is -0.468 e. The zero-order valence-corrected chi connectivity index (χ0v) is 12.7. The van der Waals surface area contributed by atoms with E-state index in [-0.39, 0.29) is 11.7 Å². The van der Waals surface area contributed by atoms with E-state index in [4.69, 9.17) is 11.6 Å². The fourth-order valence-electron chi connectivity index (χ4n) is 1.53. The highest BCUT2D eigenvalue weighted by atomic mass is 35.5. The van der Waals surface area contributed by atoms with Gasteiger partial charge in [0.05, 0.1) is 12.9 Å². The fourth-order valence-corrected chi connectivity index (χ4v) is 2.45. The van der Waals surface area contributed by atoms with Crippen molar-refractivity contribution in [2.24, 2.45) is 0 Å². The molecule has 0 bridgehead atoms. The molecule has 0 saturated heterocycles. The number of ether oxygens (including phenoxy) is 1. The van der Waals surface area contributed by atoms with Crippen LogP contribution in [0.1, 0.15) is 5.69 Å². The van der Waals surface area contributed by atoms with Crippen molar-refractivity contribution in [1.82, 2.24) is 9.97 Å². The minimum atomic E-state index is -0.278. The lowest BCUT2D eigenvalue weighted by Gasteiger charge is -2.05. The Bertz CT molecular complexity index is 617. The van der Waals surface area contributed by atoms with Gasteiger partial charge in [0.2, 0.25) is 0 Å². The van der Waals surface area contributed by atoms with Crippen LogP contribution in [0, 0.1) is 6.92 Å². The van der Waals surface area contributed by atoms with Gasteiger partial charge < -0.3 is 4.74 Å². The molecule has 0 aliphatic carbocycles. The number of halogens is 1. The van der Waals surface area contributed by atoms with Gasteiger partial charge in [0, 0.05) is 16.3 Å². The van der Waals surface area contributed by atoms with E-state index in [1.165, 1.54) is 18.9 Å². The summed E-state index contributed by atoms with van der Waals surface area (Å²) in [4.78, 5) is 20.0. The monoisotopic (exact) mass is 308 g/mol. The van der Waals surface area contributed by atoms with Crippen LogP contribution in [0.15, 0.2) is 35.4 Å². The van der Waals surface area contributed by atoms with Gasteiger partial charge in [0.15, 0.2) is 5.82 Å². The van der Waals surface area contributed by atoms with Gasteiger partial charge in [0.1, 0.15) is 5.03 Å². The SMILES string of the molecule is COC(=O)CSc1cc(C)nc(-c2ccc(Cl)cc2)n1. The maximum Gasteiger partial charge on any atom is 0.316 e. The number of methoxy groups -OCH3 is 1. The predicted molar refractivity (Wildman–Crippen MR) is 80.0 cm³/mol. The first kappa shape index (κ1) is 14.8. The predicted octanol–water partition coefficient (Wildman–Crippen LogP) is 3.37. The number of hydrogen-bond donors (Lipinski definition) is 0. The van der Waals surface area contributed by atoms with Crippen LogP contribution in [0.4, 0.5) is 0 Å². The van der Waals surface area contributed by atoms with Crippen LogP contribution in [0.5, 0.6) is 0 Å². The molecular formula is C14H13ClN2O2S. The zero-order chi connectivity index (χ0) is 14.5. The molecule has 0 aliphatic heterocycles. The van der Waals surface area contributed by atoms with Crippen LogP contribution in [-0.4, -0.2) is 28.8 Å². The van der Waals surface area contributed by atoms with E-state index in [1.807, 2.05) is 25.1 Å². The first-order valence-electron chi connectivity index (χ1n) is 5.89. The number of esters is 1. The second-order valence-electron chi connectivity index (χ2n) is 4.04. The van der Waals surface area contributed by atoms with E-state index < -0.39 is 0 Å². The van der Waals surface area contributed by atoms with E-state index >= 15 is 0 Å². The molecule has 1 heterocycles. The van der Waals surface area contributed by atoms with E-state index in [2.05, 4.69) is 14.7 Å². The molecule has 0 unspecified atom stereocenters. The van der Waals surface area contributed by atoms with Crippen LogP contribution >= 0.6 is 23.4 Å². The van der Waals surface area contributed by atoms with Crippen molar-refractivity contribution in [3.63, 3.8) is 0 Å². The number of carbonyl (C=O) groups is 1. The van der Waals surface area contributed by atoms with Crippen molar-refractivity contribution >= 4 is 29.3 Å². The van der Waals surface area contributed by atoms with Crippen molar-refractivity contribution in [1.29, 1.82) is 0 Å². The average Bonchev–Trinajstić information content (AvgIpc) is 2.45. The fraction of sp³-hybridized carbons (Fsp3) is 0.214. The zero-order valence-electron chi connectivity index (χ0n) is 11.1. The van der Waals surface area contributed by atoms with Gasteiger partial charge >= 0.3 is 5.97 Å². The molecule has 0 saturated carbocycles. The Hall–Kier alpha value is -1.59. The summed E-state index contributed by atoms with van der Waals surface area (Å²) in [7, 11) is 1.37. The van der Waals surface area contributed by atoms with E-state index in [0.29, 0.717) is 10.8 Å². The Labute approximate surface area is 126 Å². The lowest BCUT2D eigenvalue weighted by molar-refractivity contribution is -0.137. The van der Waals surface area contributed by atoms with Crippen molar-refractivity contribution in [3.05, 3.63) is 41.0 Å². The number of benzene rings is 1. The molecule has 1 aromatic carbocycles. The maximum absolute atomic E-state index is 11.2. The third-order valence-electron chi connectivity index (χ3n) is 2.50. The van der Waals surface area contributed by atoms with Crippen LogP contribution in [-0.2, 0) is 9.53 Å². The molecule has 0 N–H and O–H groups in total. The lowest BCUT2D eigenvalue weighted by Crippen LogP contribution is -2.04. The molecule has 0 atom stereocenters. The Morgan fingerprint density at radius 2 is 2.00 bits per heavy atom. The summed E-state index contributed by atoms with van der Waals surface area (Å²) < 4.78 is 4.61. The quantitative estimate of drug-likeness (QED) is 0.492. The highest BCUT2D eigenvalue weighted by Gasteiger charge is 2.08. The maximum atomic E-state index is 11.2. The van der Waals surface area contributed by atoms with Crippen LogP contribution in [0.3, 0.4) is 0 Å². The summed E-state index contributed by atoms with van der Waals surface area (Å²) in [5.41, 5.74) is 1.73. The van der Waals surface area contributed by atoms with E-state index in [1.54, 1.807) is 12.1 Å². The topological polar surface area (TPSA) is 52.1 Å². The standard InChI is InChI=1S/C14H13ClN2O2S/c1-9-7-12(20-8-13(18)19-2)17-14(16-9)10-3-5-11(15)6-4-10/h3-7H,8H2,1-2H3. The summed E-state index contributed by atoms with van der Waals surface area (Å²) in [6.45, 7) is 1.89. The van der Waals surface area contributed by atoms with Gasteiger partial charge in [-0.3, -0.25) is 4.79 Å². The van der Waals surface area contributed by atoms with Gasteiger partial charge in [-0.15, -0.1) is 0 Å². The smallest absolute Gasteiger partial charge is 0.316 e. The van der Waals surface area contributed by atoms with Gasteiger partial charge in [-0.2, -0.15) is 0 Å². The summed E-state index contributed by atoms with van der Waals surface area (Å²) in [6.07, 6.45) is 0. The second kappa shape index (κ2) is 6.72.